The fraction of sp³-hybridized carbons (Fsp3) is 0.350. The zero-order valence-corrected chi connectivity index (χ0v) is 16.8. The number of aromatic amines is 1. The van der Waals surface area contributed by atoms with Crippen molar-refractivity contribution >= 4 is 5.91 Å². The van der Waals surface area contributed by atoms with Crippen molar-refractivity contribution in [3.05, 3.63) is 47.4 Å². The summed E-state index contributed by atoms with van der Waals surface area (Å²) in [7, 11) is 5.25. The van der Waals surface area contributed by atoms with Gasteiger partial charge in [0.2, 0.25) is 0 Å². The van der Waals surface area contributed by atoms with Gasteiger partial charge < -0.3 is 14.4 Å². The van der Waals surface area contributed by atoms with Crippen LogP contribution in [0.4, 0.5) is 0 Å². The van der Waals surface area contributed by atoms with Gasteiger partial charge in [-0.05, 0) is 44.2 Å². The lowest BCUT2D eigenvalue weighted by Gasteiger charge is -2.16. The van der Waals surface area contributed by atoms with Crippen molar-refractivity contribution in [2.45, 2.75) is 13.8 Å². The molecule has 8 heteroatoms. The normalized spacial score (nSPS) is 10.8. The van der Waals surface area contributed by atoms with Crippen molar-refractivity contribution in [1.82, 2.24) is 24.9 Å². The second kappa shape index (κ2) is 8.16. The third-order valence-corrected chi connectivity index (χ3v) is 4.67. The molecule has 0 bridgehead atoms. The Kier molecular flexibility index (Phi) is 5.67. The van der Waals surface area contributed by atoms with Gasteiger partial charge in [0, 0.05) is 25.4 Å². The van der Waals surface area contributed by atoms with Crippen molar-refractivity contribution in [2.24, 2.45) is 7.05 Å². The van der Waals surface area contributed by atoms with E-state index >= 15 is 0 Å². The van der Waals surface area contributed by atoms with Crippen molar-refractivity contribution in [2.75, 3.05) is 27.3 Å². The zero-order valence-electron chi connectivity index (χ0n) is 16.8. The smallest absolute Gasteiger partial charge is 0.271 e. The summed E-state index contributed by atoms with van der Waals surface area (Å²) < 4.78 is 12.6. The summed E-state index contributed by atoms with van der Waals surface area (Å²) in [5.74, 6) is 1.36. The number of carbonyl (C=O) groups excluding carboxylic acids is 1. The minimum Gasteiger partial charge on any atom is -0.497 e. The highest BCUT2D eigenvalue weighted by Crippen LogP contribution is 2.25. The molecule has 1 aromatic carbocycles. The predicted octanol–water partition coefficient (Wildman–Crippen LogP) is 2.59. The Balaban J connectivity index is 1.59. The van der Waals surface area contributed by atoms with Gasteiger partial charge in [-0.2, -0.15) is 10.2 Å². The first-order valence-electron chi connectivity index (χ1n) is 8.99. The first-order chi connectivity index (χ1) is 13.4. The first kappa shape index (κ1) is 19.5. The van der Waals surface area contributed by atoms with E-state index in [1.165, 1.54) is 0 Å². The first-order valence-corrected chi connectivity index (χ1v) is 8.99. The highest BCUT2D eigenvalue weighted by atomic mass is 16.5. The SMILES string of the molecule is COc1ccc(OCCN(C)C(=O)c2cc(-c3c(C)nn(C)c3C)n[nH]2)cc1. The summed E-state index contributed by atoms with van der Waals surface area (Å²) in [6, 6.07) is 9.10. The van der Waals surface area contributed by atoms with Crippen LogP contribution in [0.5, 0.6) is 11.5 Å². The number of methoxy groups -OCH3 is 1. The molecule has 1 N–H and O–H groups in total. The molecule has 0 unspecified atom stereocenters. The van der Waals surface area contributed by atoms with E-state index in [-0.39, 0.29) is 5.91 Å². The van der Waals surface area contributed by atoms with Crippen LogP contribution >= 0.6 is 0 Å². The Morgan fingerprint density at radius 3 is 2.50 bits per heavy atom. The number of H-pyrrole nitrogens is 1. The Morgan fingerprint density at radius 1 is 1.21 bits per heavy atom. The number of aryl methyl sites for hydroxylation is 2. The van der Waals surface area contributed by atoms with Gasteiger partial charge in [-0.3, -0.25) is 14.6 Å². The number of ether oxygens (including phenoxy) is 2. The number of amides is 1. The molecule has 0 saturated carbocycles. The van der Waals surface area contributed by atoms with Crippen LogP contribution in [0.3, 0.4) is 0 Å². The molecule has 0 fully saturated rings. The number of likely N-dealkylation sites (N-methyl/N-ethyl adjacent to an activating group) is 1. The van der Waals surface area contributed by atoms with Gasteiger partial charge in [0.1, 0.15) is 23.8 Å². The number of aromatic nitrogens is 4. The van der Waals surface area contributed by atoms with Gasteiger partial charge in [0.05, 0.1) is 25.0 Å². The molecule has 0 atom stereocenters. The standard InChI is InChI=1S/C20H25N5O3/c1-13-19(14(2)25(4)23-13)17-12-18(22-21-17)20(26)24(3)10-11-28-16-8-6-15(27-5)7-9-16/h6-9,12H,10-11H2,1-5H3,(H,21,22). The number of rotatable bonds is 7. The Hall–Kier alpha value is -3.29. The molecular formula is C20H25N5O3. The summed E-state index contributed by atoms with van der Waals surface area (Å²) >= 11 is 0. The molecule has 0 radical (unpaired) electrons. The van der Waals surface area contributed by atoms with Crippen molar-refractivity contribution < 1.29 is 14.3 Å². The van der Waals surface area contributed by atoms with E-state index < -0.39 is 0 Å². The lowest BCUT2D eigenvalue weighted by Crippen LogP contribution is -2.31. The van der Waals surface area contributed by atoms with Crippen LogP contribution in [-0.2, 0) is 7.05 Å². The number of nitrogens with zero attached hydrogens (tertiary/aromatic N) is 4. The van der Waals surface area contributed by atoms with Gasteiger partial charge in [0.15, 0.2) is 0 Å². The minimum atomic E-state index is -0.142. The fourth-order valence-electron chi connectivity index (χ4n) is 2.98. The average molecular weight is 383 g/mol. The molecule has 2 heterocycles. The largest absolute Gasteiger partial charge is 0.497 e. The molecule has 0 spiro atoms. The van der Waals surface area contributed by atoms with Gasteiger partial charge in [-0.15, -0.1) is 0 Å². The third kappa shape index (κ3) is 4.00. The lowest BCUT2D eigenvalue weighted by molar-refractivity contribution is 0.0768. The van der Waals surface area contributed by atoms with E-state index in [1.54, 1.807) is 25.1 Å². The summed E-state index contributed by atoms with van der Waals surface area (Å²) in [5.41, 5.74) is 3.98. The molecule has 1 amide bonds. The monoisotopic (exact) mass is 383 g/mol. The molecule has 2 aromatic heterocycles. The van der Waals surface area contributed by atoms with E-state index in [1.807, 2.05) is 49.8 Å². The molecule has 0 saturated heterocycles. The van der Waals surface area contributed by atoms with Crippen molar-refractivity contribution in [3.63, 3.8) is 0 Å². The Bertz CT molecular complexity index is 959. The van der Waals surface area contributed by atoms with Crippen LogP contribution in [0.25, 0.3) is 11.3 Å². The summed E-state index contributed by atoms with van der Waals surface area (Å²) in [4.78, 5) is 14.3. The molecule has 0 aliphatic carbocycles. The molecule has 28 heavy (non-hydrogen) atoms. The van der Waals surface area contributed by atoms with Crippen LogP contribution in [0.2, 0.25) is 0 Å². The van der Waals surface area contributed by atoms with Crippen molar-refractivity contribution in [3.8, 4) is 22.8 Å². The maximum absolute atomic E-state index is 12.7. The lowest BCUT2D eigenvalue weighted by atomic mass is 10.1. The highest BCUT2D eigenvalue weighted by Gasteiger charge is 2.19. The molecule has 8 nitrogen and oxygen atoms in total. The predicted molar refractivity (Wildman–Crippen MR) is 106 cm³/mol. The van der Waals surface area contributed by atoms with Crippen LogP contribution in [-0.4, -0.2) is 58.1 Å². The average Bonchev–Trinajstić information content (AvgIpc) is 3.26. The highest BCUT2D eigenvalue weighted by molar-refractivity contribution is 5.93. The third-order valence-electron chi connectivity index (χ3n) is 4.67. The van der Waals surface area contributed by atoms with E-state index in [0.717, 1.165) is 28.5 Å². The zero-order chi connectivity index (χ0) is 20.3. The van der Waals surface area contributed by atoms with Crippen LogP contribution in [0.15, 0.2) is 30.3 Å². The summed E-state index contributed by atoms with van der Waals surface area (Å²) in [5, 5.41) is 11.5. The number of hydrogen-bond acceptors (Lipinski definition) is 5. The Labute approximate surface area is 164 Å². The van der Waals surface area contributed by atoms with Crippen LogP contribution in [0, 0.1) is 13.8 Å². The maximum atomic E-state index is 12.7. The number of carbonyl (C=O) groups is 1. The molecule has 148 valence electrons. The minimum absolute atomic E-state index is 0.142. The summed E-state index contributed by atoms with van der Waals surface area (Å²) in [6.45, 7) is 4.75. The van der Waals surface area contributed by atoms with E-state index in [2.05, 4.69) is 15.3 Å². The van der Waals surface area contributed by atoms with E-state index in [0.29, 0.717) is 24.5 Å². The van der Waals surface area contributed by atoms with E-state index in [9.17, 15) is 4.79 Å². The number of benzene rings is 1. The fourth-order valence-corrected chi connectivity index (χ4v) is 2.98. The second-order valence-electron chi connectivity index (χ2n) is 6.59. The van der Waals surface area contributed by atoms with Gasteiger partial charge in [-0.1, -0.05) is 0 Å². The molecular weight excluding hydrogens is 358 g/mol. The molecule has 0 aliphatic rings. The molecule has 3 rings (SSSR count). The van der Waals surface area contributed by atoms with Crippen LogP contribution in [0.1, 0.15) is 21.9 Å². The van der Waals surface area contributed by atoms with E-state index in [4.69, 9.17) is 9.47 Å². The van der Waals surface area contributed by atoms with Gasteiger partial charge >= 0.3 is 0 Å². The molecule has 0 aliphatic heterocycles. The quantitative estimate of drug-likeness (QED) is 0.678. The maximum Gasteiger partial charge on any atom is 0.271 e. The molecule has 3 aromatic rings. The second-order valence-corrected chi connectivity index (χ2v) is 6.59. The van der Waals surface area contributed by atoms with Crippen LogP contribution < -0.4 is 9.47 Å². The number of nitrogens with one attached hydrogen (secondary N) is 1. The summed E-state index contributed by atoms with van der Waals surface area (Å²) in [6.07, 6.45) is 0. The van der Waals surface area contributed by atoms with Gasteiger partial charge in [-0.25, -0.2) is 0 Å². The topological polar surface area (TPSA) is 85.3 Å². The number of hydrogen-bond donors (Lipinski definition) is 1. The van der Waals surface area contributed by atoms with Crippen molar-refractivity contribution in [1.29, 1.82) is 0 Å². The Morgan fingerprint density at radius 2 is 1.89 bits per heavy atom. The van der Waals surface area contributed by atoms with Gasteiger partial charge in [0.25, 0.3) is 5.91 Å².